The zero-order chi connectivity index (χ0) is 12.0. The molecule has 0 aromatic carbocycles. The smallest absolute Gasteiger partial charge is 0.0160 e. The molecule has 0 spiro atoms. The van der Waals surface area contributed by atoms with Gasteiger partial charge in [-0.15, -0.1) is 0 Å². The third-order valence-electron chi connectivity index (χ3n) is 3.46. The van der Waals surface area contributed by atoms with Gasteiger partial charge in [0.25, 0.3) is 0 Å². The minimum atomic E-state index is 0.698. The molecule has 0 radical (unpaired) electrons. The number of hydrogen-bond donors (Lipinski definition) is 0. The lowest BCUT2D eigenvalue weighted by atomic mass is 9.76. The van der Waals surface area contributed by atoms with Crippen molar-refractivity contribution in [2.75, 3.05) is 0 Å². The molecule has 3 unspecified atom stereocenters. The van der Waals surface area contributed by atoms with Gasteiger partial charge < -0.3 is 0 Å². The second kappa shape index (κ2) is 7.09. The number of allylic oxidation sites excluding steroid dienone is 1. The van der Waals surface area contributed by atoms with E-state index in [1.54, 1.807) is 0 Å². The van der Waals surface area contributed by atoms with Crippen LogP contribution in [-0.2, 0) is 0 Å². The molecule has 0 nitrogen and oxygen atoms in total. The fourth-order valence-electron chi connectivity index (χ4n) is 3.10. The van der Waals surface area contributed by atoms with Crippen LogP contribution in [-0.4, -0.2) is 0 Å². The summed E-state index contributed by atoms with van der Waals surface area (Å²) in [6.07, 6.45) is 4.03. The number of hydrogen-bond acceptors (Lipinski definition) is 0. The summed E-state index contributed by atoms with van der Waals surface area (Å²) in [6.45, 7) is 18.0. The largest absolute Gasteiger partial charge is 0.0998 e. The molecule has 0 aliphatic rings. The molecular formula is C15H30. The summed E-state index contributed by atoms with van der Waals surface area (Å²) in [5, 5.41) is 0. The Morgan fingerprint density at radius 3 is 2.00 bits per heavy atom. The molecule has 0 aliphatic heterocycles. The van der Waals surface area contributed by atoms with Crippen molar-refractivity contribution in [2.45, 2.75) is 60.8 Å². The highest BCUT2D eigenvalue weighted by atomic mass is 14.3. The van der Waals surface area contributed by atoms with E-state index in [1.165, 1.54) is 24.8 Å². The second-order valence-electron chi connectivity index (χ2n) is 5.72. The molecule has 0 bridgehead atoms. The van der Waals surface area contributed by atoms with Gasteiger partial charge in [-0.05, 0) is 37.0 Å². The predicted molar refractivity (Wildman–Crippen MR) is 71.0 cm³/mol. The molecule has 0 heteroatoms. The molecular weight excluding hydrogens is 180 g/mol. The van der Waals surface area contributed by atoms with E-state index < -0.39 is 0 Å². The molecule has 15 heavy (non-hydrogen) atoms. The fourth-order valence-corrected chi connectivity index (χ4v) is 3.10. The zero-order valence-electron chi connectivity index (χ0n) is 11.6. The molecule has 0 amide bonds. The molecule has 0 aromatic heterocycles. The van der Waals surface area contributed by atoms with Gasteiger partial charge >= 0.3 is 0 Å². The average molecular weight is 210 g/mol. The zero-order valence-corrected chi connectivity index (χ0v) is 11.6. The highest BCUT2D eigenvalue weighted by Crippen LogP contribution is 2.32. The Balaban J connectivity index is 4.25. The Labute approximate surface area is 97.2 Å². The van der Waals surface area contributed by atoms with Gasteiger partial charge in [0.05, 0.1) is 0 Å². The van der Waals surface area contributed by atoms with Crippen LogP contribution in [0.4, 0.5) is 0 Å². The highest BCUT2D eigenvalue weighted by molar-refractivity contribution is 4.99. The molecule has 0 saturated carbocycles. The molecule has 0 aliphatic carbocycles. The highest BCUT2D eigenvalue weighted by Gasteiger charge is 2.22. The van der Waals surface area contributed by atoms with Crippen LogP contribution in [0.3, 0.4) is 0 Å². The normalized spacial score (nSPS) is 17.5. The van der Waals surface area contributed by atoms with Crippen molar-refractivity contribution in [3.63, 3.8) is 0 Å². The van der Waals surface area contributed by atoms with E-state index in [4.69, 9.17) is 0 Å². The maximum absolute atomic E-state index is 4.15. The van der Waals surface area contributed by atoms with Gasteiger partial charge in [-0.1, -0.05) is 59.6 Å². The quantitative estimate of drug-likeness (QED) is 0.500. The van der Waals surface area contributed by atoms with Crippen molar-refractivity contribution in [3.05, 3.63) is 12.2 Å². The van der Waals surface area contributed by atoms with Gasteiger partial charge in [0.1, 0.15) is 0 Å². The Hall–Kier alpha value is -0.260. The van der Waals surface area contributed by atoms with Crippen molar-refractivity contribution in [1.29, 1.82) is 0 Å². The second-order valence-corrected chi connectivity index (χ2v) is 5.72. The fraction of sp³-hybridized carbons (Fsp3) is 0.867. The molecule has 0 heterocycles. The van der Waals surface area contributed by atoms with Gasteiger partial charge in [-0.2, -0.15) is 0 Å². The molecule has 0 aromatic rings. The summed E-state index contributed by atoms with van der Waals surface area (Å²) in [4.78, 5) is 0. The maximum Gasteiger partial charge on any atom is -0.0160 e. The van der Waals surface area contributed by atoms with Crippen LogP contribution in [0, 0.1) is 23.7 Å². The first-order valence-electron chi connectivity index (χ1n) is 6.55. The SMILES string of the molecule is C=C(C)C(C(C)C)C(C)CC(C)CCC. The van der Waals surface area contributed by atoms with Crippen LogP contribution in [0.1, 0.15) is 60.8 Å². The minimum Gasteiger partial charge on any atom is -0.0998 e. The lowest BCUT2D eigenvalue weighted by Crippen LogP contribution is -2.20. The first-order chi connectivity index (χ1) is 6.90. The van der Waals surface area contributed by atoms with Crippen molar-refractivity contribution >= 4 is 0 Å². The third-order valence-corrected chi connectivity index (χ3v) is 3.46. The molecule has 0 saturated heterocycles. The van der Waals surface area contributed by atoms with Gasteiger partial charge in [0, 0.05) is 0 Å². The Bertz CT molecular complexity index is 178. The summed E-state index contributed by atoms with van der Waals surface area (Å²) in [7, 11) is 0. The monoisotopic (exact) mass is 210 g/mol. The summed E-state index contributed by atoms with van der Waals surface area (Å²) in [5.74, 6) is 3.07. The van der Waals surface area contributed by atoms with E-state index in [9.17, 15) is 0 Å². The molecule has 90 valence electrons. The van der Waals surface area contributed by atoms with Gasteiger partial charge in [0.2, 0.25) is 0 Å². The summed E-state index contributed by atoms with van der Waals surface area (Å²) < 4.78 is 0. The van der Waals surface area contributed by atoms with E-state index >= 15 is 0 Å². The van der Waals surface area contributed by atoms with E-state index in [0.29, 0.717) is 5.92 Å². The van der Waals surface area contributed by atoms with E-state index in [-0.39, 0.29) is 0 Å². The predicted octanol–water partition coefficient (Wildman–Crippen LogP) is 5.30. The van der Waals surface area contributed by atoms with Crippen molar-refractivity contribution in [1.82, 2.24) is 0 Å². The molecule has 0 rings (SSSR count). The van der Waals surface area contributed by atoms with Crippen molar-refractivity contribution in [3.8, 4) is 0 Å². The van der Waals surface area contributed by atoms with E-state index in [2.05, 4.69) is 48.1 Å². The van der Waals surface area contributed by atoms with E-state index in [0.717, 1.165) is 17.8 Å². The van der Waals surface area contributed by atoms with Gasteiger partial charge in [-0.25, -0.2) is 0 Å². The van der Waals surface area contributed by atoms with E-state index in [1.807, 2.05) is 0 Å². The maximum atomic E-state index is 4.15. The van der Waals surface area contributed by atoms with Gasteiger partial charge in [-0.3, -0.25) is 0 Å². The summed E-state index contributed by atoms with van der Waals surface area (Å²) in [6, 6.07) is 0. The lowest BCUT2D eigenvalue weighted by molar-refractivity contribution is 0.263. The van der Waals surface area contributed by atoms with Crippen molar-refractivity contribution in [2.24, 2.45) is 23.7 Å². The Morgan fingerprint density at radius 2 is 1.67 bits per heavy atom. The van der Waals surface area contributed by atoms with Crippen LogP contribution >= 0.6 is 0 Å². The average Bonchev–Trinajstić information content (AvgIpc) is 2.01. The van der Waals surface area contributed by atoms with Crippen LogP contribution < -0.4 is 0 Å². The minimum absolute atomic E-state index is 0.698. The van der Waals surface area contributed by atoms with Crippen LogP contribution in [0.25, 0.3) is 0 Å². The summed E-state index contributed by atoms with van der Waals surface area (Å²) >= 11 is 0. The molecule has 0 fully saturated rings. The topological polar surface area (TPSA) is 0 Å². The summed E-state index contributed by atoms with van der Waals surface area (Å²) in [5.41, 5.74) is 1.36. The molecule has 0 N–H and O–H groups in total. The first-order valence-corrected chi connectivity index (χ1v) is 6.55. The third kappa shape index (κ3) is 5.39. The van der Waals surface area contributed by atoms with Crippen LogP contribution in [0.5, 0.6) is 0 Å². The Morgan fingerprint density at radius 1 is 1.13 bits per heavy atom. The van der Waals surface area contributed by atoms with Crippen LogP contribution in [0.15, 0.2) is 12.2 Å². The Kier molecular flexibility index (Phi) is 6.96. The lowest BCUT2D eigenvalue weighted by Gasteiger charge is -2.30. The number of rotatable bonds is 7. The first kappa shape index (κ1) is 14.7. The molecule has 3 atom stereocenters. The standard InChI is InChI=1S/C15H30/c1-8-9-13(6)10-14(7)15(11(2)3)12(4)5/h12-15H,2,8-10H2,1,3-7H3. The van der Waals surface area contributed by atoms with Crippen molar-refractivity contribution < 1.29 is 0 Å². The van der Waals surface area contributed by atoms with Gasteiger partial charge in [0.15, 0.2) is 0 Å². The van der Waals surface area contributed by atoms with Crippen LogP contribution in [0.2, 0.25) is 0 Å².